The maximum Gasteiger partial charge on any atom is 0.252 e. The molecule has 1 saturated carbocycles. The van der Waals surface area contributed by atoms with Crippen LogP contribution in [0.25, 0.3) is 0 Å². The molecule has 0 unspecified atom stereocenters. The first-order valence-electron chi connectivity index (χ1n) is 6.56. The molecule has 94 valence electrons. The summed E-state index contributed by atoms with van der Waals surface area (Å²) >= 11 is 0. The number of rotatable bonds is 5. The van der Waals surface area contributed by atoms with Gasteiger partial charge in [-0.15, -0.1) is 0 Å². The van der Waals surface area contributed by atoms with E-state index in [1.807, 2.05) is 0 Å². The molecule has 4 nitrogen and oxygen atoms in total. The topological polar surface area (TPSA) is 57.8 Å². The van der Waals surface area contributed by atoms with Gasteiger partial charge in [0, 0.05) is 12.6 Å². The summed E-state index contributed by atoms with van der Waals surface area (Å²) in [5, 5.41) is 3.22. The number of nitrogens with zero attached hydrogens (tertiary/aromatic N) is 1. The van der Waals surface area contributed by atoms with E-state index in [0.29, 0.717) is 11.6 Å². The van der Waals surface area contributed by atoms with E-state index in [1.165, 1.54) is 38.2 Å². The highest BCUT2D eigenvalue weighted by Crippen LogP contribution is 2.28. The van der Waals surface area contributed by atoms with Crippen molar-refractivity contribution in [2.45, 2.75) is 45.4 Å². The van der Waals surface area contributed by atoms with E-state index in [0.717, 1.165) is 18.9 Å². The third-order valence-electron chi connectivity index (χ3n) is 3.43. The largest absolute Gasteiger partial charge is 0.370 e. The number of aryl methyl sites for hydroxylation is 1. The first-order valence-corrected chi connectivity index (χ1v) is 6.56. The maximum atomic E-state index is 11.2. The highest BCUT2D eigenvalue weighted by molar-refractivity contribution is 5.32. The maximum absolute atomic E-state index is 11.2. The Labute approximate surface area is 102 Å². The molecule has 0 amide bonds. The van der Waals surface area contributed by atoms with Gasteiger partial charge in [-0.2, -0.15) is 0 Å². The second kappa shape index (κ2) is 5.84. The van der Waals surface area contributed by atoms with Gasteiger partial charge in [-0.25, -0.2) is 4.98 Å². The molecular weight excluding hydrogens is 214 g/mol. The van der Waals surface area contributed by atoms with Crippen LogP contribution < -0.4 is 10.9 Å². The standard InChI is InChI=1S/C13H21N3O/c1-10-15-12(9-13(17)16-10)14-8-4-7-11-5-2-3-6-11/h9,11H,2-8H2,1H3,(H2,14,15,16,17). The van der Waals surface area contributed by atoms with Gasteiger partial charge in [-0.05, 0) is 25.7 Å². The third kappa shape index (κ3) is 3.88. The molecule has 0 atom stereocenters. The van der Waals surface area contributed by atoms with E-state index in [4.69, 9.17) is 0 Å². The van der Waals surface area contributed by atoms with E-state index >= 15 is 0 Å². The summed E-state index contributed by atoms with van der Waals surface area (Å²) in [4.78, 5) is 18.1. The summed E-state index contributed by atoms with van der Waals surface area (Å²) < 4.78 is 0. The number of nitrogens with one attached hydrogen (secondary N) is 2. The Hall–Kier alpha value is -1.32. The van der Waals surface area contributed by atoms with Crippen LogP contribution in [0.15, 0.2) is 10.9 Å². The van der Waals surface area contributed by atoms with Gasteiger partial charge in [0.2, 0.25) is 0 Å². The second-order valence-corrected chi connectivity index (χ2v) is 4.94. The van der Waals surface area contributed by atoms with Crippen molar-refractivity contribution in [2.24, 2.45) is 5.92 Å². The molecule has 1 aromatic rings. The summed E-state index contributed by atoms with van der Waals surface area (Å²) in [6, 6.07) is 1.52. The molecule has 1 aliphatic carbocycles. The molecule has 0 saturated heterocycles. The van der Waals surface area contributed by atoms with Crippen LogP contribution in [0.4, 0.5) is 5.82 Å². The molecule has 4 heteroatoms. The molecule has 0 bridgehead atoms. The third-order valence-corrected chi connectivity index (χ3v) is 3.43. The smallest absolute Gasteiger partial charge is 0.252 e. The fourth-order valence-corrected chi connectivity index (χ4v) is 2.58. The molecule has 2 N–H and O–H groups in total. The summed E-state index contributed by atoms with van der Waals surface area (Å²) in [5.74, 6) is 2.29. The number of hydrogen-bond acceptors (Lipinski definition) is 3. The Kier molecular flexibility index (Phi) is 4.18. The highest BCUT2D eigenvalue weighted by Gasteiger charge is 2.13. The molecule has 1 aliphatic rings. The number of aromatic amines is 1. The molecule has 1 fully saturated rings. The van der Waals surface area contributed by atoms with Crippen molar-refractivity contribution >= 4 is 5.82 Å². The van der Waals surface area contributed by atoms with Crippen LogP contribution in [0.3, 0.4) is 0 Å². The number of anilines is 1. The van der Waals surface area contributed by atoms with Crippen molar-refractivity contribution in [1.82, 2.24) is 9.97 Å². The average molecular weight is 235 g/mol. The Balaban J connectivity index is 1.72. The zero-order valence-electron chi connectivity index (χ0n) is 10.5. The fourth-order valence-electron chi connectivity index (χ4n) is 2.58. The lowest BCUT2D eigenvalue weighted by molar-refractivity contribution is 0.491. The first-order chi connectivity index (χ1) is 8.24. The quantitative estimate of drug-likeness (QED) is 0.771. The minimum absolute atomic E-state index is 0.0872. The lowest BCUT2D eigenvalue weighted by atomic mass is 10.0. The van der Waals surface area contributed by atoms with Gasteiger partial charge >= 0.3 is 0 Å². The summed E-state index contributed by atoms with van der Waals surface area (Å²) in [6.07, 6.45) is 8.10. The number of hydrogen-bond donors (Lipinski definition) is 2. The van der Waals surface area contributed by atoms with Crippen LogP contribution in [-0.4, -0.2) is 16.5 Å². The van der Waals surface area contributed by atoms with Crippen molar-refractivity contribution in [3.05, 3.63) is 22.2 Å². The minimum Gasteiger partial charge on any atom is -0.370 e. The van der Waals surface area contributed by atoms with Crippen LogP contribution in [0.5, 0.6) is 0 Å². The molecule has 2 rings (SSSR count). The van der Waals surface area contributed by atoms with E-state index in [2.05, 4.69) is 15.3 Å². The monoisotopic (exact) mass is 235 g/mol. The fraction of sp³-hybridized carbons (Fsp3) is 0.692. The summed E-state index contributed by atoms with van der Waals surface area (Å²) in [5.41, 5.74) is -0.0872. The van der Waals surface area contributed by atoms with E-state index in [-0.39, 0.29) is 5.56 Å². The first kappa shape index (κ1) is 12.1. The Morgan fingerprint density at radius 2 is 2.24 bits per heavy atom. The number of aromatic nitrogens is 2. The van der Waals surface area contributed by atoms with Gasteiger partial charge in [0.25, 0.3) is 5.56 Å². The molecule has 0 aliphatic heterocycles. The SMILES string of the molecule is Cc1nc(NCCCC2CCCC2)cc(=O)[nH]1. The van der Waals surface area contributed by atoms with Gasteiger partial charge < -0.3 is 10.3 Å². The van der Waals surface area contributed by atoms with Crippen LogP contribution in [0.2, 0.25) is 0 Å². The molecule has 0 spiro atoms. The van der Waals surface area contributed by atoms with Gasteiger partial charge in [0.1, 0.15) is 11.6 Å². The van der Waals surface area contributed by atoms with Crippen molar-refractivity contribution in [2.75, 3.05) is 11.9 Å². The predicted molar refractivity (Wildman–Crippen MR) is 69.3 cm³/mol. The Morgan fingerprint density at radius 1 is 1.47 bits per heavy atom. The van der Waals surface area contributed by atoms with Gasteiger partial charge in [0.05, 0.1) is 0 Å². The zero-order valence-corrected chi connectivity index (χ0v) is 10.5. The molecule has 17 heavy (non-hydrogen) atoms. The van der Waals surface area contributed by atoms with Crippen LogP contribution in [0.1, 0.15) is 44.3 Å². The molecule has 0 aromatic carbocycles. The molecule has 1 heterocycles. The van der Waals surface area contributed by atoms with Gasteiger partial charge in [-0.3, -0.25) is 4.79 Å². The van der Waals surface area contributed by atoms with E-state index < -0.39 is 0 Å². The Bertz CT molecular complexity index is 407. The zero-order chi connectivity index (χ0) is 12.1. The van der Waals surface area contributed by atoms with Crippen molar-refractivity contribution < 1.29 is 0 Å². The minimum atomic E-state index is -0.0872. The number of H-pyrrole nitrogens is 1. The molecular formula is C13H21N3O. The summed E-state index contributed by atoms with van der Waals surface area (Å²) in [7, 11) is 0. The van der Waals surface area contributed by atoms with Gasteiger partial charge in [0.15, 0.2) is 0 Å². The van der Waals surface area contributed by atoms with E-state index in [1.54, 1.807) is 6.92 Å². The van der Waals surface area contributed by atoms with Crippen LogP contribution >= 0.6 is 0 Å². The van der Waals surface area contributed by atoms with Crippen molar-refractivity contribution in [3.63, 3.8) is 0 Å². The second-order valence-electron chi connectivity index (χ2n) is 4.94. The van der Waals surface area contributed by atoms with Crippen LogP contribution in [-0.2, 0) is 0 Å². The van der Waals surface area contributed by atoms with Crippen LogP contribution in [0, 0.1) is 12.8 Å². The van der Waals surface area contributed by atoms with Crippen molar-refractivity contribution in [3.8, 4) is 0 Å². The lowest BCUT2D eigenvalue weighted by Gasteiger charge is -2.09. The summed E-state index contributed by atoms with van der Waals surface area (Å²) in [6.45, 7) is 2.71. The van der Waals surface area contributed by atoms with Gasteiger partial charge in [-0.1, -0.05) is 25.7 Å². The Morgan fingerprint density at radius 3 is 2.94 bits per heavy atom. The average Bonchev–Trinajstić information content (AvgIpc) is 2.76. The lowest BCUT2D eigenvalue weighted by Crippen LogP contribution is -2.13. The van der Waals surface area contributed by atoms with E-state index in [9.17, 15) is 4.79 Å². The molecule has 0 radical (unpaired) electrons. The predicted octanol–water partition coefficient (Wildman–Crippen LogP) is 2.46. The normalized spacial score (nSPS) is 16.3. The molecule has 1 aromatic heterocycles. The van der Waals surface area contributed by atoms with Crippen molar-refractivity contribution in [1.29, 1.82) is 0 Å². The highest BCUT2D eigenvalue weighted by atomic mass is 16.1.